The molecule has 3 N–H and O–H groups in total. The number of nitrogens with one attached hydrogen (secondary N) is 1. The number of carbonyl (C=O) groups excluding carboxylic acids is 1. The first-order valence-corrected chi connectivity index (χ1v) is 8.98. The Labute approximate surface area is 154 Å². The summed E-state index contributed by atoms with van der Waals surface area (Å²) in [5, 5.41) is 3.74. The first kappa shape index (κ1) is 17.9. The van der Waals surface area contributed by atoms with E-state index in [1.54, 1.807) is 0 Å². The van der Waals surface area contributed by atoms with E-state index in [4.69, 9.17) is 17.3 Å². The second kappa shape index (κ2) is 8.00. The fourth-order valence-electron chi connectivity index (χ4n) is 3.42. The Bertz CT molecular complexity index is 705. The number of nitrogens with zero attached hydrogens (tertiary/aromatic N) is 1. The molecule has 1 aliphatic rings. The van der Waals surface area contributed by atoms with Crippen LogP contribution in [0.25, 0.3) is 0 Å². The van der Waals surface area contributed by atoms with Gasteiger partial charge in [0.05, 0.1) is 12.6 Å². The molecule has 3 atom stereocenters. The van der Waals surface area contributed by atoms with Gasteiger partial charge in [-0.25, -0.2) is 0 Å². The molecule has 0 spiro atoms. The average molecular weight is 358 g/mol. The fraction of sp³-hybridized carbons (Fsp3) is 0.350. The number of halogens is 1. The third-order valence-corrected chi connectivity index (χ3v) is 5.04. The molecule has 132 valence electrons. The summed E-state index contributed by atoms with van der Waals surface area (Å²) in [5.74, 6) is 0.297. The van der Waals surface area contributed by atoms with Gasteiger partial charge in [0, 0.05) is 30.1 Å². The Hall–Kier alpha value is -1.88. The molecule has 0 aliphatic carbocycles. The number of amides is 1. The zero-order chi connectivity index (χ0) is 17.8. The van der Waals surface area contributed by atoms with Crippen molar-refractivity contribution in [2.24, 2.45) is 5.73 Å². The maximum Gasteiger partial charge on any atom is 0.234 e. The van der Waals surface area contributed by atoms with E-state index in [9.17, 15) is 4.79 Å². The smallest absolute Gasteiger partial charge is 0.234 e. The van der Waals surface area contributed by atoms with Gasteiger partial charge in [-0.3, -0.25) is 9.69 Å². The molecule has 0 saturated carbocycles. The van der Waals surface area contributed by atoms with E-state index in [0.29, 0.717) is 11.6 Å². The SMILES string of the molecule is CC(NC(=O)CN1C[C@@H](N)[C@H](c2ccccc2)C1)c1ccc(Cl)cc1. The predicted molar refractivity (Wildman–Crippen MR) is 102 cm³/mol. The Morgan fingerprint density at radius 3 is 2.56 bits per heavy atom. The van der Waals surface area contributed by atoms with Crippen molar-refractivity contribution in [2.45, 2.75) is 24.9 Å². The minimum atomic E-state index is -0.0500. The molecule has 2 aromatic carbocycles. The molecule has 2 aromatic rings. The number of carbonyl (C=O) groups is 1. The lowest BCUT2D eigenvalue weighted by molar-refractivity contribution is -0.122. The molecule has 3 rings (SSSR count). The number of hydrogen-bond acceptors (Lipinski definition) is 3. The average Bonchev–Trinajstić information content (AvgIpc) is 2.96. The van der Waals surface area contributed by atoms with Crippen LogP contribution in [0.4, 0.5) is 0 Å². The van der Waals surface area contributed by atoms with Gasteiger partial charge in [-0.2, -0.15) is 0 Å². The van der Waals surface area contributed by atoms with E-state index in [2.05, 4.69) is 22.3 Å². The van der Waals surface area contributed by atoms with E-state index < -0.39 is 0 Å². The molecule has 0 aromatic heterocycles. The van der Waals surface area contributed by atoms with Gasteiger partial charge in [-0.1, -0.05) is 54.1 Å². The molecule has 1 saturated heterocycles. The van der Waals surface area contributed by atoms with E-state index in [0.717, 1.165) is 18.7 Å². The highest BCUT2D eigenvalue weighted by Crippen LogP contribution is 2.26. The van der Waals surface area contributed by atoms with Crippen LogP contribution in [0.2, 0.25) is 5.02 Å². The van der Waals surface area contributed by atoms with E-state index in [-0.39, 0.29) is 23.9 Å². The molecule has 1 aliphatic heterocycles. The molecule has 0 radical (unpaired) electrons. The Balaban J connectivity index is 1.54. The zero-order valence-corrected chi connectivity index (χ0v) is 15.1. The van der Waals surface area contributed by atoms with E-state index >= 15 is 0 Å². The topological polar surface area (TPSA) is 58.4 Å². The Morgan fingerprint density at radius 1 is 1.20 bits per heavy atom. The normalized spacial score (nSPS) is 21.9. The van der Waals surface area contributed by atoms with Crippen molar-refractivity contribution in [3.8, 4) is 0 Å². The van der Waals surface area contributed by atoms with Crippen molar-refractivity contribution in [1.29, 1.82) is 0 Å². The number of likely N-dealkylation sites (tertiary alicyclic amines) is 1. The minimum absolute atomic E-state index is 0.0170. The zero-order valence-electron chi connectivity index (χ0n) is 14.4. The number of benzene rings is 2. The molecular weight excluding hydrogens is 334 g/mol. The van der Waals surface area contributed by atoms with Crippen molar-refractivity contribution < 1.29 is 4.79 Å². The molecule has 4 nitrogen and oxygen atoms in total. The van der Waals surface area contributed by atoms with Crippen LogP contribution in [0.5, 0.6) is 0 Å². The summed E-state index contributed by atoms with van der Waals surface area (Å²) >= 11 is 5.91. The lowest BCUT2D eigenvalue weighted by Gasteiger charge is -2.19. The maximum atomic E-state index is 12.4. The van der Waals surface area contributed by atoms with Gasteiger partial charge in [-0.05, 0) is 30.2 Å². The standard InChI is InChI=1S/C20H24ClN3O/c1-14(15-7-9-17(21)10-8-15)23-20(25)13-24-11-18(19(22)12-24)16-5-3-2-4-6-16/h2-10,14,18-19H,11-13,22H2,1H3,(H,23,25)/t14?,18-,19+/m0/s1. The molecule has 5 heteroatoms. The van der Waals surface area contributed by atoms with Crippen LogP contribution in [0, 0.1) is 0 Å². The number of nitrogens with two attached hydrogens (primary N) is 1. The maximum absolute atomic E-state index is 12.4. The lowest BCUT2D eigenvalue weighted by Crippen LogP contribution is -2.38. The summed E-state index contributed by atoms with van der Waals surface area (Å²) in [5.41, 5.74) is 8.58. The highest BCUT2D eigenvalue weighted by molar-refractivity contribution is 6.30. The molecule has 1 amide bonds. The van der Waals surface area contributed by atoms with Crippen LogP contribution in [0.3, 0.4) is 0 Å². The summed E-state index contributed by atoms with van der Waals surface area (Å²) in [6, 6.07) is 17.8. The third kappa shape index (κ3) is 4.60. The first-order valence-electron chi connectivity index (χ1n) is 8.60. The summed E-state index contributed by atoms with van der Waals surface area (Å²) < 4.78 is 0. The van der Waals surface area contributed by atoms with Crippen molar-refractivity contribution in [2.75, 3.05) is 19.6 Å². The summed E-state index contributed by atoms with van der Waals surface area (Å²) in [7, 11) is 0. The van der Waals surface area contributed by atoms with Crippen LogP contribution < -0.4 is 11.1 Å². The van der Waals surface area contributed by atoms with Crippen molar-refractivity contribution >= 4 is 17.5 Å². The van der Waals surface area contributed by atoms with E-state index in [1.165, 1.54) is 5.56 Å². The number of rotatable bonds is 5. The first-order chi connectivity index (χ1) is 12.0. The van der Waals surface area contributed by atoms with Gasteiger partial charge in [0.1, 0.15) is 0 Å². The van der Waals surface area contributed by atoms with Crippen LogP contribution in [0.15, 0.2) is 54.6 Å². The largest absolute Gasteiger partial charge is 0.348 e. The Kier molecular flexibility index (Phi) is 5.74. The minimum Gasteiger partial charge on any atom is -0.348 e. The summed E-state index contributed by atoms with van der Waals surface area (Å²) in [6.45, 7) is 3.90. The van der Waals surface area contributed by atoms with Gasteiger partial charge >= 0.3 is 0 Å². The van der Waals surface area contributed by atoms with Crippen LogP contribution in [0.1, 0.15) is 30.0 Å². The molecule has 1 fully saturated rings. The second-order valence-electron chi connectivity index (χ2n) is 6.72. The van der Waals surface area contributed by atoms with E-state index in [1.807, 2.05) is 49.4 Å². The lowest BCUT2D eigenvalue weighted by atomic mass is 9.95. The monoisotopic (exact) mass is 357 g/mol. The molecule has 0 bridgehead atoms. The van der Waals surface area contributed by atoms with Gasteiger partial charge in [0.2, 0.25) is 5.91 Å². The highest BCUT2D eigenvalue weighted by Gasteiger charge is 2.32. The van der Waals surface area contributed by atoms with Gasteiger partial charge in [0.15, 0.2) is 0 Å². The summed E-state index contributed by atoms with van der Waals surface area (Å²) in [6.07, 6.45) is 0. The van der Waals surface area contributed by atoms with Gasteiger partial charge < -0.3 is 11.1 Å². The highest BCUT2D eigenvalue weighted by atomic mass is 35.5. The van der Waals surface area contributed by atoms with Crippen LogP contribution >= 0.6 is 11.6 Å². The van der Waals surface area contributed by atoms with Gasteiger partial charge in [0.25, 0.3) is 0 Å². The quantitative estimate of drug-likeness (QED) is 0.865. The molecular formula is C20H24ClN3O. The van der Waals surface area contributed by atoms with Crippen LogP contribution in [-0.4, -0.2) is 36.5 Å². The molecule has 1 unspecified atom stereocenters. The van der Waals surface area contributed by atoms with Crippen LogP contribution in [-0.2, 0) is 4.79 Å². The second-order valence-corrected chi connectivity index (χ2v) is 7.15. The predicted octanol–water partition coefficient (Wildman–Crippen LogP) is 2.94. The third-order valence-electron chi connectivity index (χ3n) is 4.78. The molecule has 1 heterocycles. The van der Waals surface area contributed by atoms with Crippen molar-refractivity contribution in [1.82, 2.24) is 10.2 Å². The van der Waals surface area contributed by atoms with Crippen molar-refractivity contribution in [3.05, 3.63) is 70.7 Å². The van der Waals surface area contributed by atoms with Gasteiger partial charge in [-0.15, -0.1) is 0 Å². The molecule has 25 heavy (non-hydrogen) atoms. The number of hydrogen-bond donors (Lipinski definition) is 2. The van der Waals surface area contributed by atoms with Crippen molar-refractivity contribution in [3.63, 3.8) is 0 Å². The Morgan fingerprint density at radius 2 is 1.88 bits per heavy atom. The summed E-state index contributed by atoms with van der Waals surface area (Å²) in [4.78, 5) is 14.5. The fourth-order valence-corrected chi connectivity index (χ4v) is 3.55.